The summed E-state index contributed by atoms with van der Waals surface area (Å²) in [6.45, 7) is 6.33. The second-order valence-electron chi connectivity index (χ2n) is 6.72. The standard InChI is InChI=1S/C14H23NO4/c1-8-10-4-9(14(10,2)3)5-11(8)15(6-12(16)17)7-13(18)19/h8-11H,4-7H2,1-3H3,(H,16,17)(H,18,19)/t8-,9?,10-,11-/m1/s1. The summed E-state index contributed by atoms with van der Waals surface area (Å²) in [5.74, 6) is -0.359. The first-order valence-electron chi connectivity index (χ1n) is 6.91. The van der Waals surface area contributed by atoms with Crippen molar-refractivity contribution in [3.63, 3.8) is 0 Å². The van der Waals surface area contributed by atoms with E-state index in [4.69, 9.17) is 10.2 Å². The molecule has 3 rings (SSSR count). The molecule has 0 heterocycles. The molecule has 3 aliphatic rings. The van der Waals surface area contributed by atoms with Crippen LogP contribution in [-0.4, -0.2) is 46.2 Å². The number of fused-ring (bicyclic) bond motifs is 2. The van der Waals surface area contributed by atoms with Gasteiger partial charge in [0, 0.05) is 6.04 Å². The van der Waals surface area contributed by atoms with Crippen LogP contribution >= 0.6 is 0 Å². The van der Waals surface area contributed by atoms with Gasteiger partial charge in [-0.3, -0.25) is 14.5 Å². The van der Waals surface area contributed by atoms with Gasteiger partial charge in [-0.15, -0.1) is 0 Å². The van der Waals surface area contributed by atoms with Crippen LogP contribution in [0.2, 0.25) is 0 Å². The minimum Gasteiger partial charge on any atom is -0.480 e. The second-order valence-corrected chi connectivity index (χ2v) is 6.72. The Morgan fingerprint density at radius 2 is 1.68 bits per heavy atom. The van der Waals surface area contributed by atoms with E-state index in [1.54, 1.807) is 4.90 Å². The van der Waals surface area contributed by atoms with Crippen molar-refractivity contribution in [3.05, 3.63) is 0 Å². The maximum atomic E-state index is 10.9. The molecule has 3 saturated carbocycles. The number of carboxylic acid groups (broad SMARTS) is 2. The van der Waals surface area contributed by atoms with E-state index in [-0.39, 0.29) is 19.1 Å². The molecule has 2 N–H and O–H groups in total. The van der Waals surface area contributed by atoms with E-state index in [2.05, 4.69) is 20.8 Å². The highest BCUT2D eigenvalue weighted by Gasteiger charge is 2.57. The van der Waals surface area contributed by atoms with Crippen molar-refractivity contribution in [1.29, 1.82) is 0 Å². The van der Waals surface area contributed by atoms with Crippen molar-refractivity contribution in [2.45, 2.75) is 39.7 Å². The molecular weight excluding hydrogens is 246 g/mol. The van der Waals surface area contributed by atoms with Gasteiger partial charge in [0.2, 0.25) is 0 Å². The van der Waals surface area contributed by atoms with Crippen LogP contribution in [0.3, 0.4) is 0 Å². The van der Waals surface area contributed by atoms with Crippen LogP contribution in [0.15, 0.2) is 0 Å². The molecule has 5 heteroatoms. The predicted molar refractivity (Wildman–Crippen MR) is 69.8 cm³/mol. The molecule has 0 aliphatic heterocycles. The molecule has 108 valence electrons. The summed E-state index contributed by atoms with van der Waals surface area (Å²) in [6.07, 6.45) is 2.13. The first-order chi connectivity index (χ1) is 8.73. The normalized spacial score (nSPS) is 35.8. The van der Waals surface area contributed by atoms with Gasteiger partial charge in [-0.05, 0) is 36.0 Å². The number of rotatable bonds is 5. The van der Waals surface area contributed by atoms with Crippen molar-refractivity contribution in [3.8, 4) is 0 Å². The van der Waals surface area contributed by atoms with E-state index in [0.717, 1.165) is 6.42 Å². The zero-order chi connectivity index (χ0) is 14.4. The molecule has 0 radical (unpaired) electrons. The van der Waals surface area contributed by atoms with Gasteiger partial charge >= 0.3 is 11.9 Å². The van der Waals surface area contributed by atoms with Crippen molar-refractivity contribution in [1.82, 2.24) is 4.90 Å². The number of carboxylic acids is 2. The highest BCUT2D eigenvalue weighted by atomic mass is 16.4. The Balaban J connectivity index is 2.10. The van der Waals surface area contributed by atoms with E-state index in [0.29, 0.717) is 23.2 Å². The Kier molecular flexibility index (Phi) is 3.60. The maximum absolute atomic E-state index is 10.9. The second kappa shape index (κ2) is 4.78. The van der Waals surface area contributed by atoms with Crippen LogP contribution < -0.4 is 0 Å². The molecule has 0 spiro atoms. The van der Waals surface area contributed by atoms with Crippen LogP contribution in [0.1, 0.15) is 33.6 Å². The highest BCUT2D eigenvalue weighted by molar-refractivity contribution is 5.72. The van der Waals surface area contributed by atoms with Crippen LogP contribution in [0.4, 0.5) is 0 Å². The Labute approximate surface area is 113 Å². The minimum atomic E-state index is -0.952. The van der Waals surface area contributed by atoms with Crippen LogP contribution in [0.25, 0.3) is 0 Å². The summed E-state index contributed by atoms with van der Waals surface area (Å²) in [6, 6.07) is 0.0870. The lowest BCUT2D eigenvalue weighted by Crippen LogP contribution is -2.61. The van der Waals surface area contributed by atoms with Gasteiger partial charge in [-0.25, -0.2) is 0 Å². The van der Waals surface area contributed by atoms with Gasteiger partial charge in [0.25, 0.3) is 0 Å². The Morgan fingerprint density at radius 1 is 1.16 bits per heavy atom. The molecule has 4 atom stereocenters. The number of hydrogen-bond donors (Lipinski definition) is 2. The van der Waals surface area contributed by atoms with E-state index in [1.807, 2.05) is 0 Å². The van der Waals surface area contributed by atoms with Crippen LogP contribution in [-0.2, 0) is 9.59 Å². The van der Waals surface area contributed by atoms with Gasteiger partial charge in [0.15, 0.2) is 0 Å². The summed E-state index contributed by atoms with van der Waals surface area (Å²) in [7, 11) is 0. The summed E-state index contributed by atoms with van der Waals surface area (Å²) in [5, 5.41) is 17.9. The smallest absolute Gasteiger partial charge is 0.317 e. The molecule has 0 amide bonds. The number of carbonyl (C=O) groups is 2. The fourth-order valence-electron chi connectivity index (χ4n) is 4.24. The van der Waals surface area contributed by atoms with Crippen LogP contribution in [0, 0.1) is 23.2 Å². The van der Waals surface area contributed by atoms with E-state index in [9.17, 15) is 9.59 Å². The SMILES string of the molecule is C[C@H]1[C@H](N(CC(=O)O)CC(=O)O)CC2C[C@H]1C2(C)C. The Hall–Kier alpha value is -1.10. The lowest BCUT2D eigenvalue weighted by molar-refractivity contribution is -0.157. The van der Waals surface area contributed by atoms with Gasteiger partial charge in [0.1, 0.15) is 0 Å². The topological polar surface area (TPSA) is 77.8 Å². The third kappa shape index (κ3) is 2.48. The van der Waals surface area contributed by atoms with Crippen molar-refractivity contribution in [2.75, 3.05) is 13.1 Å². The number of hydrogen-bond acceptors (Lipinski definition) is 3. The summed E-state index contributed by atoms with van der Waals surface area (Å²) < 4.78 is 0. The predicted octanol–water partition coefficient (Wildman–Crippen LogP) is 1.53. The summed E-state index contributed by atoms with van der Waals surface area (Å²) in [4.78, 5) is 23.5. The Morgan fingerprint density at radius 3 is 2.05 bits per heavy atom. The zero-order valence-electron chi connectivity index (χ0n) is 11.8. The lowest BCUT2D eigenvalue weighted by atomic mass is 9.44. The van der Waals surface area contributed by atoms with Crippen molar-refractivity contribution in [2.24, 2.45) is 23.2 Å². The first-order valence-corrected chi connectivity index (χ1v) is 6.91. The molecule has 0 saturated heterocycles. The Bertz CT molecular complexity index is 377. The molecular formula is C14H23NO4. The number of aliphatic carboxylic acids is 2. The average Bonchev–Trinajstić information content (AvgIpc) is 2.26. The summed E-state index contributed by atoms with van der Waals surface area (Å²) in [5.41, 5.74) is 0.327. The number of nitrogens with zero attached hydrogens (tertiary/aromatic N) is 1. The molecule has 0 aromatic carbocycles. The quantitative estimate of drug-likeness (QED) is 0.791. The fourth-order valence-corrected chi connectivity index (χ4v) is 4.24. The molecule has 19 heavy (non-hydrogen) atoms. The summed E-state index contributed by atoms with van der Waals surface area (Å²) >= 11 is 0. The van der Waals surface area contributed by atoms with E-state index < -0.39 is 11.9 Å². The van der Waals surface area contributed by atoms with Crippen molar-refractivity contribution >= 4 is 11.9 Å². The van der Waals surface area contributed by atoms with E-state index >= 15 is 0 Å². The fraction of sp³-hybridized carbons (Fsp3) is 0.857. The highest BCUT2D eigenvalue weighted by Crippen LogP contribution is 2.61. The largest absolute Gasteiger partial charge is 0.480 e. The van der Waals surface area contributed by atoms with Crippen LogP contribution in [0.5, 0.6) is 0 Å². The molecule has 1 unspecified atom stereocenters. The van der Waals surface area contributed by atoms with Gasteiger partial charge in [-0.2, -0.15) is 0 Å². The zero-order valence-corrected chi connectivity index (χ0v) is 11.8. The average molecular weight is 269 g/mol. The molecule has 3 fully saturated rings. The minimum absolute atomic E-state index is 0.0870. The first kappa shape index (κ1) is 14.3. The molecule has 0 aromatic heterocycles. The van der Waals surface area contributed by atoms with Gasteiger partial charge < -0.3 is 10.2 Å². The maximum Gasteiger partial charge on any atom is 0.317 e. The third-order valence-electron chi connectivity index (χ3n) is 5.46. The lowest BCUT2D eigenvalue weighted by Gasteiger charge is -2.63. The molecule has 0 aromatic rings. The van der Waals surface area contributed by atoms with E-state index in [1.165, 1.54) is 6.42 Å². The van der Waals surface area contributed by atoms with Gasteiger partial charge in [-0.1, -0.05) is 20.8 Å². The third-order valence-corrected chi connectivity index (χ3v) is 5.46. The molecule has 5 nitrogen and oxygen atoms in total. The van der Waals surface area contributed by atoms with Crippen molar-refractivity contribution < 1.29 is 19.8 Å². The molecule has 2 bridgehead atoms. The van der Waals surface area contributed by atoms with Gasteiger partial charge in [0.05, 0.1) is 13.1 Å². The monoisotopic (exact) mass is 269 g/mol. The molecule has 3 aliphatic carbocycles.